The van der Waals surface area contributed by atoms with Crippen LogP contribution in [-0.4, -0.2) is 42.3 Å². The van der Waals surface area contributed by atoms with Crippen molar-refractivity contribution in [3.05, 3.63) is 35.2 Å². The fourth-order valence-corrected chi connectivity index (χ4v) is 4.08. The van der Waals surface area contributed by atoms with Crippen LogP contribution in [0, 0.1) is 11.6 Å². The van der Waals surface area contributed by atoms with Crippen LogP contribution in [0.3, 0.4) is 0 Å². The number of rotatable bonds is 5. The van der Waals surface area contributed by atoms with Gasteiger partial charge in [0.15, 0.2) is 11.6 Å². The quantitative estimate of drug-likeness (QED) is 0.668. The highest BCUT2D eigenvalue weighted by Gasteiger charge is 2.24. The molecule has 0 amide bonds. The minimum Gasteiger partial charge on any atom is -0.378 e. The zero-order valence-corrected chi connectivity index (χ0v) is 15.9. The first-order chi connectivity index (χ1) is 13.7. The van der Waals surface area contributed by atoms with Crippen LogP contribution in [0.25, 0.3) is 10.2 Å². The van der Waals surface area contributed by atoms with Gasteiger partial charge in [0.25, 0.3) is 0 Å². The molecular weight excluding hydrogens is 384 g/mol. The van der Waals surface area contributed by atoms with Gasteiger partial charge >= 0.3 is 0 Å². The minimum atomic E-state index is -0.614. The largest absolute Gasteiger partial charge is 0.378 e. The van der Waals surface area contributed by atoms with Crippen LogP contribution in [0.5, 0.6) is 0 Å². The fourth-order valence-electron chi connectivity index (χ4n) is 3.29. The van der Waals surface area contributed by atoms with Crippen molar-refractivity contribution in [1.29, 1.82) is 0 Å². The smallest absolute Gasteiger partial charge is 0.229 e. The van der Waals surface area contributed by atoms with Gasteiger partial charge in [0, 0.05) is 24.8 Å². The first kappa shape index (κ1) is 17.6. The topological polar surface area (TPSA) is 62.3 Å². The van der Waals surface area contributed by atoms with Gasteiger partial charge in [0.1, 0.15) is 11.5 Å². The third kappa shape index (κ3) is 3.47. The number of aromatic nitrogens is 2. The number of morpholine rings is 1. The van der Waals surface area contributed by atoms with Gasteiger partial charge in [-0.1, -0.05) is 0 Å². The molecule has 0 spiro atoms. The van der Waals surface area contributed by atoms with Gasteiger partial charge in [-0.2, -0.15) is 4.98 Å². The van der Waals surface area contributed by atoms with Crippen molar-refractivity contribution in [3.63, 3.8) is 0 Å². The molecule has 1 saturated heterocycles. The summed E-state index contributed by atoms with van der Waals surface area (Å²) < 4.78 is 35.5. The molecule has 0 bridgehead atoms. The number of halogens is 2. The lowest BCUT2D eigenvalue weighted by molar-refractivity contribution is 0.122. The zero-order valence-electron chi connectivity index (χ0n) is 15.0. The molecule has 2 N–H and O–H groups in total. The third-order valence-electron chi connectivity index (χ3n) is 4.82. The highest BCUT2D eigenvalue weighted by atomic mass is 32.1. The lowest BCUT2D eigenvalue weighted by atomic mass is 10.2. The molecule has 5 rings (SSSR count). The normalized spacial score (nSPS) is 17.1. The predicted molar refractivity (Wildman–Crippen MR) is 107 cm³/mol. The van der Waals surface area contributed by atoms with Crippen molar-refractivity contribution in [2.45, 2.75) is 18.9 Å². The van der Waals surface area contributed by atoms with E-state index in [9.17, 15) is 8.78 Å². The molecule has 146 valence electrons. The van der Waals surface area contributed by atoms with Crippen LogP contribution in [0.4, 0.5) is 31.9 Å². The molecule has 9 heteroatoms. The SMILES string of the molecule is Fc1cc(Nc2nc(NC3CC3)c3sccc3n2)cc(F)c1N1CCOCC1. The first-order valence-corrected chi connectivity index (χ1v) is 10.2. The van der Waals surface area contributed by atoms with Crippen LogP contribution in [0.1, 0.15) is 12.8 Å². The lowest BCUT2D eigenvalue weighted by Gasteiger charge is -2.29. The molecule has 2 aromatic heterocycles. The van der Waals surface area contributed by atoms with Crippen molar-refractivity contribution in [3.8, 4) is 0 Å². The number of nitrogens with one attached hydrogen (secondary N) is 2. The van der Waals surface area contributed by atoms with Gasteiger partial charge < -0.3 is 20.3 Å². The van der Waals surface area contributed by atoms with E-state index in [4.69, 9.17) is 4.74 Å². The number of ether oxygens (including phenoxy) is 1. The van der Waals surface area contributed by atoms with Gasteiger partial charge in [-0.05, 0) is 36.4 Å². The number of hydrogen-bond donors (Lipinski definition) is 2. The maximum Gasteiger partial charge on any atom is 0.229 e. The zero-order chi connectivity index (χ0) is 19.1. The molecule has 0 atom stereocenters. The Kier molecular flexibility index (Phi) is 4.48. The first-order valence-electron chi connectivity index (χ1n) is 9.28. The Morgan fingerprint density at radius 3 is 2.57 bits per heavy atom. The summed E-state index contributed by atoms with van der Waals surface area (Å²) in [5.74, 6) is -0.155. The summed E-state index contributed by atoms with van der Waals surface area (Å²) >= 11 is 1.57. The van der Waals surface area contributed by atoms with Gasteiger partial charge in [-0.15, -0.1) is 11.3 Å². The highest BCUT2D eigenvalue weighted by Crippen LogP contribution is 2.33. The van der Waals surface area contributed by atoms with Crippen molar-refractivity contribution in [1.82, 2.24) is 9.97 Å². The van der Waals surface area contributed by atoms with E-state index in [1.54, 1.807) is 16.2 Å². The monoisotopic (exact) mass is 403 g/mol. The van der Waals surface area contributed by atoms with E-state index in [1.165, 1.54) is 12.1 Å². The van der Waals surface area contributed by atoms with Crippen molar-refractivity contribution in [2.75, 3.05) is 41.8 Å². The van der Waals surface area contributed by atoms with E-state index in [0.717, 1.165) is 28.9 Å². The number of benzene rings is 1. The molecule has 3 aromatic rings. The molecule has 1 saturated carbocycles. The second-order valence-corrected chi connectivity index (χ2v) is 7.88. The average molecular weight is 403 g/mol. The molecule has 6 nitrogen and oxygen atoms in total. The summed E-state index contributed by atoms with van der Waals surface area (Å²) in [6, 6.07) is 4.91. The summed E-state index contributed by atoms with van der Waals surface area (Å²) in [6.45, 7) is 1.86. The Labute approximate surface area is 164 Å². The van der Waals surface area contributed by atoms with Gasteiger partial charge in [-0.25, -0.2) is 13.8 Å². The highest BCUT2D eigenvalue weighted by molar-refractivity contribution is 7.17. The van der Waals surface area contributed by atoms with Crippen molar-refractivity contribution in [2.24, 2.45) is 0 Å². The number of anilines is 4. The molecule has 1 aromatic carbocycles. The standard InChI is InChI=1S/C19H19F2N5OS/c20-13-9-12(10-14(21)16(13)26-4-6-27-7-5-26)23-19-24-15-3-8-28-17(15)18(25-19)22-11-1-2-11/h3,8-11H,1-2,4-7H2,(H2,22,23,24,25). The van der Waals surface area contributed by atoms with E-state index >= 15 is 0 Å². The number of fused-ring (bicyclic) bond motifs is 1. The molecule has 2 fully saturated rings. The summed E-state index contributed by atoms with van der Waals surface area (Å²) in [5.41, 5.74) is 1.06. The van der Waals surface area contributed by atoms with Crippen molar-refractivity contribution < 1.29 is 13.5 Å². The molecular formula is C19H19F2N5OS. The molecule has 1 aliphatic heterocycles. The fraction of sp³-hybridized carbons (Fsp3) is 0.368. The number of thiophene rings is 1. The Bertz CT molecular complexity index is 994. The molecule has 2 aliphatic rings. The van der Waals surface area contributed by atoms with E-state index < -0.39 is 11.6 Å². The minimum absolute atomic E-state index is 0.0147. The maximum absolute atomic E-state index is 14.6. The second kappa shape index (κ2) is 7.14. The van der Waals surface area contributed by atoms with E-state index in [-0.39, 0.29) is 11.4 Å². The Hall–Kier alpha value is -2.52. The van der Waals surface area contributed by atoms with Crippen molar-refractivity contribution >= 4 is 44.7 Å². The third-order valence-corrected chi connectivity index (χ3v) is 5.73. The molecule has 0 unspecified atom stereocenters. The molecule has 1 aliphatic carbocycles. The average Bonchev–Trinajstić information content (AvgIpc) is 3.35. The Morgan fingerprint density at radius 2 is 1.86 bits per heavy atom. The van der Waals surface area contributed by atoms with Crippen LogP contribution in [-0.2, 0) is 4.74 Å². The van der Waals surface area contributed by atoms with E-state index in [0.29, 0.717) is 38.3 Å². The van der Waals surface area contributed by atoms with Crippen LogP contribution in [0.15, 0.2) is 23.6 Å². The summed E-state index contributed by atoms with van der Waals surface area (Å²) in [4.78, 5) is 10.7. The van der Waals surface area contributed by atoms with Gasteiger partial charge in [0.05, 0.1) is 23.4 Å². The van der Waals surface area contributed by atoms with E-state index in [2.05, 4.69) is 20.6 Å². The van der Waals surface area contributed by atoms with Crippen LogP contribution < -0.4 is 15.5 Å². The van der Waals surface area contributed by atoms with Crippen LogP contribution in [0.2, 0.25) is 0 Å². The summed E-state index contributed by atoms with van der Waals surface area (Å²) in [5, 5.41) is 8.31. The second-order valence-electron chi connectivity index (χ2n) is 6.96. The summed E-state index contributed by atoms with van der Waals surface area (Å²) in [6.07, 6.45) is 2.25. The summed E-state index contributed by atoms with van der Waals surface area (Å²) in [7, 11) is 0. The van der Waals surface area contributed by atoms with Crippen LogP contribution >= 0.6 is 11.3 Å². The lowest BCUT2D eigenvalue weighted by Crippen LogP contribution is -2.37. The maximum atomic E-state index is 14.6. The molecule has 3 heterocycles. The number of hydrogen-bond acceptors (Lipinski definition) is 7. The van der Waals surface area contributed by atoms with E-state index in [1.807, 2.05) is 11.4 Å². The Balaban J connectivity index is 1.44. The molecule has 28 heavy (non-hydrogen) atoms. The predicted octanol–water partition coefficient (Wildman–Crippen LogP) is 4.12. The van der Waals surface area contributed by atoms with Gasteiger partial charge in [0.2, 0.25) is 5.95 Å². The Morgan fingerprint density at radius 1 is 1.11 bits per heavy atom. The number of nitrogens with zero attached hydrogens (tertiary/aromatic N) is 3. The van der Waals surface area contributed by atoms with Gasteiger partial charge in [-0.3, -0.25) is 0 Å². The molecule has 0 radical (unpaired) electrons.